The second kappa shape index (κ2) is 4.98. The zero-order valence-corrected chi connectivity index (χ0v) is 11.1. The Labute approximate surface area is 110 Å². The molecular formula is C12H9BrFNOS. The van der Waals surface area contributed by atoms with Crippen LogP contribution in [0.3, 0.4) is 0 Å². The van der Waals surface area contributed by atoms with Gasteiger partial charge in [0.05, 0.1) is 9.47 Å². The van der Waals surface area contributed by atoms with Crippen LogP contribution in [0.5, 0.6) is 0 Å². The van der Waals surface area contributed by atoms with E-state index < -0.39 is 5.82 Å². The number of thiophene rings is 1. The predicted molar refractivity (Wildman–Crippen MR) is 70.9 cm³/mol. The molecule has 0 aliphatic rings. The molecule has 0 amide bonds. The Morgan fingerprint density at radius 2 is 2.12 bits per heavy atom. The highest BCUT2D eigenvalue weighted by Gasteiger charge is 2.13. The number of carbonyl (C=O) groups is 1. The van der Waals surface area contributed by atoms with Gasteiger partial charge in [-0.05, 0) is 40.2 Å². The molecule has 5 heteroatoms. The van der Waals surface area contributed by atoms with E-state index in [-0.39, 0.29) is 23.5 Å². The third-order valence-electron chi connectivity index (χ3n) is 2.32. The highest BCUT2D eigenvalue weighted by Crippen LogP contribution is 2.24. The highest BCUT2D eigenvalue weighted by molar-refractivity contribution is 9.11. The molecule has 0 spiro atoms. The predicted octanol–water partition coefficient (Wildman–Crippen LogP) is 3.66. The standard InChI is InChI=1S/C12H9BrFNOS/c13-11-5-4-7(17-11)6-10(16)8-2-1-3-9(14)12(8)15/h1-5H,6,15H2. The molecule has 0 bridgehead atoms. The summed E-state index contributed by atoms with van der Waals surface area (Å²) in [5.41, 5.74) is 5.71. The third-order valence-corrected chi connectivity index (χ3v) is 3.94. The first-order valence-corrected chi connectivity index (χ1v) is 6.50. The van der Waals surface area contributed by atoms with Gasteiger partial charge in [-0.25, -0.2) is 4.39 Å². The van der Waals surface area contributed by atoms with Crippen molar-refractivity contribution < 1.29 is 9.18 Å². The van der Waals surface area contributed by atoms with E-state index in [2.05, 4.69) is 15.9 Å². The second-order valence-corrected chi connectivity index (χ2v) is 6.05. The van der Waals surface area contributed by atoms with Gasteiger partial charge in [-0.2, -0.15) is 0 Å². The van der Waals surface area contributed by atoms with Gasteiger partial charge >= 0.3 is 0 Å². The van der Waals surface area contributed by atoms with Crippen LogP contribution in [0.1, 0.15) is 15.2 Å². The van der Waals surface area contributed by atoms with Gasteiger partial charge < -0.3 is 5.73 Å². The molecule has 0 radical (unpaired) electrons. The number of rotatable bonds is 3. The Morgan fingerprint density at radius 3 is 2.76 bits per heavy atom. The van der Waals surface area contributed by atoms with Gasteiger partial charge in [-0.1, -0.05) is 6.07 Å². The van der Waals surface area contributed by atoms with Gasteiger partial charge in [0, 0.05) is 16.9 Å². The maximum atomic E-state index is 13.2. The summed E-state index contributed by atoms with van der Waals surface area (Å²) in [6.45, 7) is 0. The van der Waals surface area contributed by atoms with Crippen molar-refractivity contribution in [3.05, 3.63) is 50.4 Å². The van der Waals surface area contributed by atoms with Crippen LogP contribution in [-0.4, -0.2) is 5.78 Å². The van der Waals surface area contributed by atoms with Crippen molar-refractivity contribution in [2.45, 2.75) is 6.42 Å². The van der Waals surface area contributed by atoms with E-state index in [0.29, 0.717) is 0 Å². The molecule has 0 atom stereocenters. The Kier molecular flexibility index (Phi) is 3.59. The maximum Gasteiger partial charge on any atom is 0.170 e. The number of hydrogen-bond donors (Lipinski definition) is 1. The van der Waals surface area contributed by atoms with Gasteiger partial charge in [0.2, 0.25) is 0 Å². The Balaban J connectivity index is 2.23. The summed E-state index contributed by atoms with van der Waals surface area (Å²) in [5.74, 6) is -0.723. The summed E-state index contributed by atoms with van der Waals surface area (Å²) < 4.78 is 14.2. The van der Waals surface area contributed by atoms with Gasteiger partial charge in [0.25, 0.3) is 0 Å². The van der Waals surface area contributed by atoms with Crippen LogP contribution >= 0.6 is 27.3 Å². The Morgan fingerprint density at radius 1 is 1.35 bits per heavy atom. The monoisotopic (exact) mass is 313 g/mol. The summed E-state index contributed by atoms with van der Waals surface area (Å²) in [7, 11) is 0. The number of carbonyl (C=O) groups excluding carboxylic acids is 1. The first-order valence-electron chi connectivity index (χ1n) is 4.89. The van der Waals surface area contributed by atoms with Crippen molar-refractivity contribution in [2.75, 3.05) is 5.73 Å². The van der Waals surface area contributed by atoms with E-state index in [4.69, 9.17) is 5.73 Å². The van der Waals surface area contributed by atoms with E-state index in [1.165, 1.54) is 23.5 Å². The van der Waals surface area contributed by atoms with Crippen LogP contribution in [0, 0.1) is 5.82 Å². The molecule has 2 nitrogen and oxygen atoms in total. The van der Waals surface area contributed by atoms with Crippen molar-refractivity contribution in [2.24, 2.45) is 0 Å². The van der Waals surface area contributed by atoms with Crippen molar-refractivity contribution >= 4 is 38.7 Å². The third kappa shape index (κ3) is 2.73. The summed E-state index contributed by atoms with van der Waals surface area (Å²) in [6.07, 6.45) is 0.240. The van der Waals surface area contributed by atoms with E-state index in [1.54, 1.807) is 6.07 Å². The average Bonchev–Trinajstić information content (AvgIpc) is 2.68. The largest absolute Gasteiger partial charge is 0.396 e. The molecule has 1 aromatic carbocycles. The zero-order valence-electron chi connectivity index (χ0n) is 8.74. The minimum atomic E-state index is -0.553. The lowest BCUT2D eigenvalue weighted by molar-refractivity contribution is 0.0994. The van der Waals surface area contributed by atoms with Crippen molar-refractivity contribution in [1.82, 2.24) is 0 Å². The number of Topliss-reactive ketones (excluding diaryl/α,β-unsaturated/α-hetero) is 1. The molecule has 2 N–H and O–H groups in total. The van der Waals surface area contributed by atoms with Crippen LogP contribution in [0.25, 0.3) is 0 Å². The first kappa shape index (κ1) is 12.3. The van der Waals surface area contributed by atoms with Crippen LogP contribution in [0.2, 0.25) is 0 Å². The molecule has 88 valence electrons. The summed E-state index contributed by atoms with van der Waals surface area (Å²) in [5, 5.41) is 0. The lowest BCUT2D eigenvalue weighted by atomic mass is 10.1. The second-order valence-electron chi connectivity index (χ2n) is 3.51. The molecule has 0 aliphatic carbocycles. The van der Waals surface area contributed by atoms with Crippen LogP contribution in [0.4, 0.5) is 10.1 Å². The number of nitrogens with two attached hydrogens (primary N) is 1. The molecule has 0 unspecified atom stereocenters. The minimum absolute atomic E-state index is 0.0758. The SMILES string of the molecule is Nc1c(F)cccc1C(=O)Cc1ccc(Br)s1. The van der Waals surface area contributed by atoms with E-state index in [1.807, 2.05) is 12.1 Å². The lowest BCUT2D eigenvalue weighted by Gasteiger charge is -2.04. The number of ketones is 1. The molecule has 2 aromatic rings. The molecular weight excluding hydrogens is 305 g/mol. The molecule has 0 aliphatic heterocycles. The number of benzene rings is 1. The van der Waals surface area contributed by atoms with E-state index in [9.17, 15) is 9.18 Å². The highest BCUT2D eigenvalue weighted by atomic mass is 79.9. The fourth-order valence-corrected chi connectivity index (χ4v) is 2.96. The van der Waals surface area contributed by atoms with Crippen LogP contribution in [-0.2, 0) is 6.42 Å². The molecule has 17 heavy (non-hydrogen) atoms. The molecule has 1 aromatic heterocycles. The minimum Gasteiger partial charge on any atom is -0.396 e. The average molecular weight is 314 g/mol. The topological polar surface area (TPSA) is 43.1 Å². The zero-order chi connectivity index (χ0) is 12.4. The fourth-order valence-electron chi connectivity index (χ4n) is 1.48. The van der Waals surface area contributed by atoms with Gasteiger partial charge in [-0.15, -0.1) is 11.3 Å². The van der Waals surface area contributed by atoms with E-state index >= 15 is 0 Å². The summed E-state index contributed by atoms with van der Waals surface area (Å²) >= 11 is 4.81. The van der Waals surface area contributed by atoms with Gasteiger partial charge in [0.1, 0.15) is 5.82 Å². The quantitative estimate of drug-likeness (QED) is 0.694. The van der Waals surface area contributed by atoms with Crippen molar-refractivity contribution in [3.63, 3.8) is 0 Å². The van der Waals surface area contributed by atoms with Crippen molar-refractivity contribution in [1.29, 1.82) is 0 Å². The molecule has 1 heterocycles. The number of anilines is 1. The Bertz CT molecular complexity index is 567. The number of halogens is 2. The number of hydrogen-bond acceptors (Lipinski definition) is 3. The Hall–Kier alpha value is -1.20. The lowest BCUT2D eigenvalue weighted by Crippen LogP contribution is -2.07. The molecule has 2 rings (SSSR count). The smallest absolute Gasteiger partial charge is 0.170 e. The molecule has 0 saturated heterocycles. The first-order chi connectivity index (χ1) is 8.08. The maximum absolute atomic E-state index is 13.2. The van der Waals surface area contributed by atoms with Crippen LogP contribution in [0.15, 0.2) is 34.1 Å². The fraction of sp³-hybridized carbons (Fsp3) is 0.0833. The molecule has 0 fully saturated rings. The normalized spacial score (nSPS) is 10.5. The van der Waals surface area contributed by atoms with Crippen molar-refractivity contribution in [3.8, 4) is 0 Å². The summed E-state index contributed by atoms with van der Waals surface area (Å²) in [6, 6.07) is 8.02. The van der Waals surface area contributed by atoms with Gasteiger partial charge in [0.15, 0.2) is 5.78 Å². The van der Waals surface area contributed by atoms with E-state index in [0.717, 1.165) is 8.66 Å². The van der Waals surface area contributed by atoms with Gasteiger partial charge in [-0.3, -0.25) is 4.79 Å². The summed E-state index contributed by atoms with van der Waals surface area (Å²) in [4.78, 5) is 12.9. The number of para-hydroxylation sites is 1. The number of nitrogen functional groups attached to an aromatic ring is 1. The molecule has 0 saturated carbocycles. The van der Waals surface area contributed by atoms with Crippen LogP contribution < -0.4 is 5.73 Å².